The molecule has 1 amide bonds. The number of amides is 1. The minimum atomic E-state index is -0.236. The number of rotatable bonds is 4. The summed E-state index contributed by atoms with van der Waals surface area (Å²) in [5.74, 6) is -0.264. The number of nitrogens with two attached hydrogens (primary N) is 1. The maximum atomic E-state index is 12.7. The Labute approximate surface area is 132 Å². The average molecular weight is 349 g/mol. The Bertz CT molecular complexity index is 641. The van der Waals surface area contributed by atoms with Gasteiger partial charge in [0.1, 0.15) is 5.75 Å². The van der Waals surface area contributed by atoms with E-state index in [0.717, 1.165) is 16.6 Å². The highest BCUT2D eigenvalue weighted by Crippen LogP contribution is 2.26. The minimum absolute atomic E-state index is 0.0280. The highest BCUT2D eigenvalue weighted by atomic mass is 79.9. The summed E-state index contributed by atoms with van der Waals surface area (Å²) >= 11 is 3.32. The highest BCUT2D eigenvalue weighted by molar-refractivity contribution is 9.10. The van der Waals surface area contributed by atoms with Crippen molar-refractivity contribution in [3.63, 3.8) is 0 Å². The molecule has 0 aliphatic carbocycles. The van der Waals surface area contributed by atoms with E-state index in [4.69, 9.17) is 5.73 Å². The largest absolute Gasteiger partial charge is 0.507 e. The fourth-order valence-electron chi connectivity index (χ4n) is 2.05. The first-order valence-electron chi connectivity index (χ1n) is 6.69. The second kappa shape index (κ2) is 6.63. The van der Waals surface area contributed by atoms with Crippen LogP contribution in [0.25, 0.3) is 0 Å². The summed E-state index contributed by atoms with van der Waals surface area (Å²) in [5.41, 5.74) is 7.36. The lowest BCUT2D eigenvalue weighted by atomic mass is 10.1. The number of nitrogens with zero attached hydrogens (tertiary/aromatic N) is 1. The van der Waals surface area contributed by atoms with E-state index in [1.54, 1.807) is 41.3 Å². The molecule has 0 radical (unpaired) electrons. The summed E-state index contributed by atoms with van der Waals surface area (Å²) in [6.07, 6.45) is 0.810. The first-order chi connectivity index (χ1) is 10.0. The maximum absolute atomic E-state index is 12.7. The predicted molar refractivity (Wildman–Crippen MR) is 88.6 cm³/mol. The molecule has 3 N–H and O–H groups in total. The van der Waals surface area contributed by atoms with E-state index in [1.807, 2.05) is 6.92 Å². The molecular formula is C16H17BrN2O2. The quantitative estimate of drug-likeness (QED) is 0.826. The molecule has 2 rings (SSSR count). The number of halogens is 1. The number of hydrogen-bond acceptors (Lipinski definition) is 3. The molecule has 0 unspecified atom stereocenters. The summed E-state index contributed by atoms with van der Waals surface area (Å²) in [6.45, 7) is 2.56. The van der Waals surface area contributed by atoms with Crippen molar-refractivity contribution in [3.8, 4) is 5.75 Å². The van der Waals surface area contributed by atoms with Gasteiger partial charge in [0.05, 0.1) is 5.56 Å². The third kappa shape index (κ3) is 3.55. The predicted octanol–water partition coefficient (Wildman–Crippen LogP) is 3.79. The highest BCUT2D eigenvalue weighted by Gasteiger charge is 2.20. The molecule has 4 nitrogen and oxygen atoms in total. The Morgan fingerprint density at radius 2 is 1.90 bits per heavy atom. The number of hydrogen-bond donors (Lipinski definition) is 2. The van der Waals surface area contributed by atoms with Crippen molar-refractivity contribution < 1.29 is 9.90 Å². The van der Waals surface area contributed by atoms with Crippen molar-refractivity contribution in [2.24, 2.45) is 0 Å². The molecule has 0 spiro atoms. The normalized spacial score (nSPS) is 10.4. The molecule has 2 aromatic rings. The number of nitrogen functional groups attached to an aromatic ring is 1. The van der Waals surface area contributed by atoms with E-state index in [-0.39, 0.29) is 17.2 Å². The molecule has 0 heterocycles. The van der Waals surface area contributed by atoms with E-state index in [0.29, 0.717) is 12.2 Å². The van der Waals surface area contributed by atoms with Gasteiger partial charge in [-0.25, -0.2) is 0 Å². The van der Waals surface area contributed by atoms with Gasteiger partial charge < -0.3 is 15.7 Å². The van der Waals surface area contributed by atoms with Gasteiger partial charge in [-0.1, -0.05) is 22.9 Å². The molecule has 0 aliphatic rings. The Morgan fingerprint density at radius 3 is 2.52 bits per heavy atom. The number of carbonyl (C=O) groups excluding carboxylic acids is 1. The van der Waals surface area contributed by atoms with Gasteiger partial charge in [-0.3, -0.25) is 4.79 Å². The van der Waals surface area contributed by atoms with Crippen LogP contribution in [0.3, 0.4) is 0 Å². The van der Waals surface area contributed by atoms with Crippen LogP contribution in [0, 0.1) is 0 Å². The summed E-state index contributed by atoms with van der Waals surface area (Å²) in [6, 6.07) is 11.9. The lowest BCUT2D eigenvalue weighted by Crippen LogP contribution is -2.31. The van der Waals surface area contributed by atoms with Crippen LogP contribution < -0.4 is 10.6 Å². The maximum Gasteiger partial charge on any atom is 0.262 e. The average Bonchev–Trinajstić information content (AvgIpc) is 2.48. The molecule has 0 fully saturated rings. The molecule has 2 aromatic carbocycles. The monoisotopic (exact) mass is 348 g/mol. The third-order valence-electron chi connectivity index (χ3n) is 3.09. The number of phenols is 1. The second-order valence-corrected chi connectivity index (χ2v) is 5.63. The van der Waals surface area contributed by atoms with Crippen molar-refractivity contribution in [2.45, 2.75) is 13.3 Å². The standard InChI is InChI=1S/C16H17BrN2O2/c1-2-9-19(13-6-4-12(18)5-7-13)16(21)14-10-11(17)3-8-15(14)20/h3-8,10,20H,2,9,18H2,1H3. The molecular weight excluding hydrogens is 332 g/mol. The number of benzene rings is 2. The fourth-order valence-corrected chi connectivity index (χ4v) is 2.41. The van der Waals surface area contributed by atoms with Gasteiger partial charge in [0.25, 0.3) is 5.91 Å². The number of anilines is 2. The molecule has 21 heavy (non-hydrogen) atoms. The van der Waals surface area contributed by atoms with Crippen LogP contribution in [-0.4, -0.2) is 17.6 Å². The molecule has 0 bridgehead atoms. The van der Waals surface area contributed by atoms with Crippen LogP contribution in [0.2, 0.25) is 0 Å². The Morgan fingerprint density at radius 1 is 1.24 bits per heavy atom. The molecule has 0 aromatic heterocycles. The van der Waals surface area contributed by atoms with Gasteiger partial charge in [-0.05, 0) is 48.9 Å². The van der Waals surface area contributed by atoms with Gasteiger partial charge in [-0.15, -0.1) is 0 Å². The molecule has 0 saturated heterocycles. The smallest absolute Gasteiger partial charge is 0.262 e. The van der Waals surface area contributed by atoms with Gasteiger partial charge in [0.15, 0.2) is 0 Å². The van der Waals surface area contributed by atoms with Crippen LogP contribution >= 0.6 is 15.9 Å². The van der Waals surface area contributed by atoms with Crippen LogP contribution in [0.1, 0.15) is 23.7 Å². The van der Waals surface area contributed by atoms with Crippen molar-refractivity contribution >= 4 is 33.2 Å². The van der Waals surface area contributed by atoms with Gasteiger partial charge in [-0.2, -0.15) is 0 Å². The van der Waals surface area contributed by atoms with Crippen LogP contribution in [-0.2, 0) is 0 Å². The lowest BCUT2D eigenvalue weighted by Gasteiger charge is -2.23. The SMILES string of the molecule is CCCN(C(=O)c1cc(Br)ccc1O)c1ccc(N)cc1. The molecule has 0 saturated carbocycles. The summed E-state index contributed by atoms with van der Waals surface area (Å²) in [4.78, 5) is 14.3. The Kier molecular flexibility index (Phi) is 4.85. The van der Waals surface area contributed by atoms with Gasteiger partial charge in [0.2, 0.25) is 0 Å². The van der Waals surface area contributed by atoms with Crippen LogP contribution in [0.4, 0.5) is 11.4 Å². The topological polar surface area (TPSA) is 66.6 Å². The second-order valence-electron chi connectivity index (χ2n) is 4.71. The third-order valence-corrected chi connectivity index (χ3v) is 3.58. The molecule has 5 heteroatoms. The van der Waals surface area contributed by atoms with Gasteiger partial charge in [0, 0.05) is 22.4 Å². The number of aromatic hydroxyl groups is 1. The van der Waals surface area contributed by atoms with Crippen molar-refractivity contribution in [1.29, 1.82) is 0 Å². The van der Waals surface area contributed by atoms with Crippen molar-refractivity contribution in [1.82, 2.24) is 0 Å². The minimum Gasteiger partial charge on any atom is -0.507 e. The van der Waals surface area contributed by atoms with E-state index in [9.17, 15) is 9.90 Å². The fraction of sp³-hybridized carbons (Fsp3) is 0.188. The summed E-state index contributed by atoms with van der Waals surface area (Å²) < 4.78 is 0.748. The van der Waals surface area contributed by atoms with Crippen molar-refractivity contribution in [2.75, 3.05) is 17.2 Å². The summed E-state index contributed by atoms with van der Waals surface area (Å²) in [7, 11) is 0. The zero-order valence-electron chi connectivity index (χ0n) is 11.7. The first-order valence-corrected chi connectivity index (χ1v) is 7.48. The number of phenolic OH excluding ortho intramolecular Hbond substituents is 1. The van der Waals surface area contributed by atoms with Gasteiger partial charge >= 0.3 is 0 Å². The van der Waals surface area contributed by atoms with E-state index in [1.165, 1.54) is 6.07 Å². The lowest BCUT2D eigenvalue weighted by molar-refractivity contribution is 0.0984. The molecule has 0 aliphatic heterocycles. The Balaban J connectivity index is 2.39. The van der Waals surface area contributed by atoms with E-state index < -0.39 is 0 Å². The summed E-state index contributed by atoms with van der Waals surface area (Å²) in [5, 5.41) is 9.93. The zero-order chi connectivity index (χ0) is 15.4. The molecule has 110 valence electrons. The van der Waals surface area contributed by atoms with Crippen molar-refractivity contribution in [3.05, 3.63) is 52.5 Å². The Hall–Kier alpha value is -2.01. The van der Waals surface area contributed by atoms with Crippen LogP contribution in [0.15, 0.2) is 46.9 Å². The van der Waals surface area contributed by atoms with E-state index in [2.05, 4.69) is 15.9 Å². The number of carbonyl (C=O) groups is 1. The first kappa shape index (κ1) is 15.4. The zero-order valence-corrected chi connectivity index (χ0v) is 13.3. The van der Waals surface area contributed by atoms with E-state index >= 15 is 0 Å². The molecule has 0 atom stereocenters. The van der Waals surface area contributed by atoms with Crippen LogP contribution in [0.5, 0.6) is 5.75 Å².